The zero-order valence-corrected chi connectivity index (χ0v) is 15.4. The van der Waals surface area contributed by atoms with Gasteiger partial charge in [-0.1, -0.05) is 89.5 Å². The van der Waals surface area contributed by atoms with E-state index in [0.29, 0.717) is 6.42 Å². The van der Waals surface area contributed by atoms with E-state index < -0.39 is 5.97 Å². The molecule has 0 atom stereocenters. The van der Waals surface area contributed by atoms with Crippen molar-refractivity contribution in [3.8, 4) is 0 Å². The summed E-state index contributed by atoms with van der Waals surface area (Å²) in [5.41, 5.74) is 0. The summed E-state index contributed by atoms with van der Waals surface area (Å²) in [6, 6.07) is 0. The van der Waals surface area contributed by atoms with Crippen molar-refractivity contribution < 1.29 is 14.3 Å². The third kappa shape index (κ3) is 13.3. The molecule has 3 heteroatoms. The highest BCUT2D eigenvalue weighted by molar-refractivity contribution is 5.91. The first-order chi connectivity index (χ1) is 11.8. The quantitative estimate of drug-likeness (QED) is 0.387. The Balaban J connectivity index is 2.24. The predicted octanol–water partition coefficient (Wildman–Crippen LogP) is 6.26. The molecule has 0 fully saturated rings. The lowest BCUT2D eigenvalue weighted by Gasteiger charge is -2.04. The zero-order chi connectivity index (χ0) is 17.3. The summed E-state index contributed by atoms with van der Waals surface area (Å²) in [4.78, 5) is 23.1. The van der Waals surface area contributed by atoms with E-state index in [9.17, 15) is 9.59 Å². The van der Waals surface area contributed by atoms with E-state index in [-0.39, 0.29) is 5.97 Å². The van der Waals surface area contributed by atoms with Crippen molar-refractivity contribution >= 4 is 11.9 Å². The van der Waals surface area contributed by atoms with Crippen LogP contribution in [-0.4, -0.2) is 11.9 Å². The Hall–Kier alpha value is -1.12. The van der Waals surface area contributed by atoms with Crippen molar-refractivity contribution in [1.82, 2.24) is 0 Å². The SMILES string of the molecule is O=C1C=CCCCCCCCCCCCCCCCCCC(=O)O1. The molecule has 1 aliphatic rings. The molecule has 0 aromatic carbocycles. The van der Waals surface area contributed by atoms with Crippen LogP contribution < -0.4 is 0 Å². The molecule has 0 amide bonds. The molecule has 0 N–H and O–H groups in total. The van der Waals surface area contributed by atoms with E-state index in [1.165, 1.54) is 83.1 Å². The highest BCUT2D eigenvalue weighted by Crippen LogP contribution is 2.14. The number of cyclic esters (lactones) is 2. The lowest BCUT2D eigenvalue weighted by atomic mass is 10.0. The van der Waals surface area contributed by atoms with Crippen LogP contribution in [0.4, 0.5) is 0 Å². The van der Waals surface area contributed by atoms with Gasteiger partial charge in [-0.2, -0.15) is 0 Å². The number of allylic oxidation sites excluding steroid dienone is 1. The Labute approximate surface area is 148 Å². The summed E-state index contributed by atoms with van der Waals surface area (Å²) in [6.45, 7) is 0. The van der Waals surface area contributed by atoms with Crippen LogP contribution in [0.15, 0.2) is 12.2 Å². The lowest BCUT2D eigenvalue weighted by Crippen LogP contribution is -2.09. The molecule has 138 valence electrons. The summed E-state index contributed by atoms with van der Waals surface area (Å²) < 4.78 is 4.80. The van der Waals surface area contributed by atoms with Crippen LogP contribution in [0.1, 0.15) is 109 Å². The van der Waals surface area contributed by atoms with Gasteiger partial charge >= 0.3 is 11.9 Å². The number of carbonyl (C=O) groups is 2. The van der Waals surface area contributed by atoms with E-state index in [1.807, 2.05) is 6.08 Å². The molecular weight excluding hydrogens is 300 g/mol. The van der Waals surface area contributed by atoms with Crippen molar-refractivity contribution in [2.24, 2.45) is 0 Å². The number of carbonyl (C=O) groups excluding carboxylic acids is 2. The van der Waals surface area contributed by atoms with Crippen LogP contribution in [0.5, 0.6) is 0 Å². The molecule has 0 unspecified atom stereocenters. The van der Waals surface area contributed by atoms with Crippen molar-refractivity contribution in [3.63, 3.8) is 0 Å². The molecule has 1 rings (SSSR count). The molecule has 1 heterocycles. The average molecular weight is 337 g/mol. The fraction of sp³-hybridized carbons (Fsp3) is 0.810. The lowest BCUT2D eigenvalue weighted by molar-refractivity contribution is -0.156. The minimum Gasteiger partial charge on any atom is -0.390 e. The highest BCUT2D eigenvalue weighted by Gasteiger charge is 2.07. The van der Waals surface area contributed by atoms with Crippen LogP contribution >= 0.6 is 0 Å². The van der Waals surface area contributed by atoms with Crippen molar-refractivity contribution in [2.45, 2.75) is 109 Å². The Bertz CT molecular complexity index is 360. The van der Waals surface area contributed by atoms with Gasteiger partial charge in [0, 0.05) is 12.5 Å². The van der Waals surface area contributed by atoms with E-state index in [1.54, 1.807) is 0 Å². The molecule has 0 radical (unpaired) electrons. The largest absolute Gasteiger partial charge is 0.390 e. The maximum Gasteiger partial charge on any atom is 0.338 e. The van der Waals surface area contributed by atoms with Crippen molar-refractivity contribution in [1.29, 1.82) is 0 Å². The molecule has 1 aliphatic heterocycles. The third-order valence-electron chi connectivity index (χ3n) is 4.72. The second kappa shape index (κ2) is 15.4. The summed E-state index contributed by atoms with van der Waals surface area (Å²) in [5, 5.41) is 0. The molecule has 0 saturated carbocycles. The maximum absolute atomic E-state index is 11.6. The van der Waals surface area contributed by atoms with E-state index in [2.05, 4.69) is 0 Å². The smallest absolute Gasteiger partial charge is 0.338 e. The number of hydrogen-bond acceptors (Lipinski definition) is 3. The summed E-state index contributed by atoms with van der Waals surface area (Å²) >= 11 is 0. The average Bonchev–Trinajstić information content (AvgIpc) is 2.56. The first-order valence-corrected chi connectivity index (χ1v) is 10.2. The highest BCUT2D eigenvalue weighted by atomic mass is 16.6. The van der Waals surface area contributed by atoms with Crippen LogP contribution in [0.25, 0.3) is 0 Å². The molecule has 0 spiro atoms. The molecule has 3 nitrogen and oxygen atoms in total. The molecular formula is C21H36O3. The fourth-order valence-corrected chi connectivity index (χ4v) is 3.21. The summed E-state index contributed by atoms with van der Waals surface area (Å²) in [6.07, 6.45) is 23.4. The topological polar surface area (TPSA) is 43.4 Å². The zero-order valence-electron chi connectivity index (χ0n) is 15.4. The Morgan fingerprint density at radius 2 is 1.00 bits per heavy atom. The van der Waals surface area contributed by atoms with Gasteiger partial charge in [-0.3, -0.25) is 4.79 Å². The Morgan fingerprint density at radius 1 is 0.583 bits per heavy atom. The van der Waals surface area contributed by atoms with Crippen LogP contribution in [-0.2, 0) is 14.3 Å². The summed E-state index contributed by atoms with van der Waals surface area (Å²) in [5.74, 6) is -0.895. The van der Waals surface area contributed by atoms with E-state index in [0.717, 1.165) is 25.7 Å². The van der Waals surface area contributed by atoms with Gasteiger partial charge in [-0.05, 0) is 19.3 Å². The normalized spacial score (nSPS) is 22.2. The van der Waals surface area contributed by atoms with Gasteiger partial charge in [0.1, 0.15) is 0 Å². The molecule has 24 heavy (non-hydrogen) atoms. The molecule has 0 aromatic heterocycles. The molecule has 0 bridgehead atoms. The Morgan fingerprint density at radius 3 is 1.50 bits per heavy atom. The summed E-state index contributed by atoms with van der Waals surface area (Å²) in [7, 11) is 0. The second-order valence-electron chi connectivity index (χ2n) is 7.04. The van der Waals surface area contributed by atoms with E-state index in [4.69, 9.17) is 4.74 Å². The standard InChI is InChI=1S/C21H36O3/c22-20-18-16-14-12-10-8-6-4-2-1-3-5-7-9-11-13-15-17-19-21(23)24-20/h16,18H,1-15,17,19H2. The number of esters is 2. The monoisotopic (exact) mass is 336 g/mol. The Kier molecular flexibility index (Phi) is 13.4. The predicted molar refractivity (Wildman–Crippen MR) is 98.7 cm³/mol. The van der Waals surface area contributed by atoms with Crippen LogP contribution in [0.2, 0.25) is 0 Å². The van der Waals surface area contributed by atoms with Gasteiger partial charge in [-0.15, -0.1) is 0 Å². The second-order valence-corrected chi connectivity index (χ2v) is 7.04. The van der Waals surface area contributed by atoms with Crippen molar-refractivity contribution in [2.75, 3.05) is 0 Å². The molecule has 0 aromatic rings. The minimum absolute atomic E-state index is 0.361. The van der Waals surface area contributed by atoms with Gasteiger partial charge in [-0.25, -0.2) is 4.79 Å². The number of hydrogen-bond donors (Lipinski definition) is 0. The number of ether oxygens (including phenoxy) is 1. The van der Waals surface area contributed by atoms with Gasteiger partial charge in [0.15, 0.2) is 0 Å². The molecule has 0 saturated heterocycles. The van der Waals surface area contributed by atoms with Crippen LogP contribution in [0.3, 0.4) is 0 Å². The number of rotatable bonds is 0. The van der Waals surface area contributed by atoms with E-state index >= 15 is 0 Å². The van der Waals surface area contributed by atoms with Gasteiger partial charge in [0.25, 0.3) is 0 Å². The van der Waals surface area contributed by atoms with Gasteiger partial charge < -0.3 is 4.74 Å². The van der Waals surface area contributed by atoms with Crippen LogP contribution in [0, 0.1) is 0 Å². The third-order valence-corrected chi connectivity index (χ3v) is 4.72. The van der Waals surface area contributed by atoms with Gasteiger partial charge in [0.05, 0.1) is 0 Å². The van der Waals surface area contributed by atoms with Crippen molar-refractivity contribution in [3.05, 3.63) is 12.2 Å². The fourth-order valence-electron chi connectivity index (χ4n) is 3.21. The first-order valence-electron chi connectivity index (χ1n) is 10.2. The molecule has 0 aliphatic carbocycles. The first kappa shape index (κ1) is 20.9. The minimum atomic E-state index is -0.512. The van der Waals surface area contributed by atoms with Gasteiger partial charge in [0.2, 0.25) is 0 Å². The maximum atomic E-state index is 11.6.